The van der Waals surface area contributed by atoms with Gasteiger partial charge in [-0.05, 0) is 51.4 Å². The van der Waals surface area contributed by atoms with Crippen molar-refractivity contribution in [1.82, 2.24) is 0 Å². The van der Waals surface area contributed by atoms with Crippen LogP contribution in [-0.4, -0.2) is 67.4 Å². The zero-order chi connectivity index (χ0) is 32.4. The van der Waals surface area contributed by atoms with Crippen LogP contribution in [0.1, 0.15) is 186 Å². The smallest absolute Gasteiger partial charge is 0.434 e. The minimum Gasteiger partial charge on any atom is -0.434 e. The van der Waals surface area contributed by atoms with Crippen molar-refractivity contribution in [2.45, 2.75) is 204 Å². The Morgan fingerprint density at radius 1 is 0.318 bits per heavy atom. The Bertz CT molecular complexity index is 564. The molecule has 44 heavy (non-hydrogen) atoms. The predicted molar refractivity (Wildman–Crippen MR) is 173 cm³/mol. The minimum atomic E-state index is -1.36. The molecule has 0 spiro atoms. The summed E-state index contributed by atoms with van der Waals surface area (Å²) < 4.78 is 9.08. The van der Waals surface area contributed by atoms with Crippen LogP contribution >= 0.6 is 0 Å². The van der Waals surface area contributed by atoms with Crippen LogP contribution in [-0.2, 0) is 9.47 Å². The molecular weight excluding hydrogens is 564 g/mol. The maximum Gasteiger partial charge on any atom is 0.508 e. The number of aliphatic hydroxyl groups is 6. The monoisotopic (exact) mass is 632 g/mol. The van der Waals surface area contributed by atoms with Crippen molar-refractivity contribution in [3.63, 3.8) is 0 Å². The van der Waals surface area contributed by atoms with Crippen LogP contribution in [0.25, 0.3) is 0 Å². The number of carbonyl (C=O) groups excluding carboxylic acids is 1. The number of hydrogen-bond acceptors (Lipinski definition) is 9. The zero-order valence-electron chi connectivity index (χ0n) is 27.8. The van der Waals surface area contributed by atoms with Gasteiger partial charge in [-0.3, -0.25) is 0 Å². The normalized spacial score (nSPS) is 25.5. The second-order valence-electron chi connectivity index (χ2n) is 13.5. The molecule has 3 saturated carbocycles. The first-order valence-corrected chi connectivity index (χ1v) is 18.2. The molecule has 0 aromatic rings. The van der Waals surface area contributed by atoms with Gasteiger partial charge in [-0.2, -0.15) is 0 Å². The summed E-state index contributed by atoms with van der Waals surface area (Å²) in [4.78, 5) is 10.2. The summed E-state index contributed by atoms with van der Waals surface area (Å²) in [5.41, 5.74) is 0. The Labute approximate surface area is 267 Å². The molecule has 9 heteroatoms. The van der Waals surface area contributed by atoms with E-state index in [4.69, 9.17) is 0 Å². The van der Waals surface area contributed by atoms with Crippen molar-refractivity contribution in [3.8, 4) is 0 Å². The highest BCUT2D eigenvalue weighted by atomic mass is 16.7. The van der Waals surface area contributed by atoms with Crippen molar-refractivity contribution < 1.29 is 44.9 Å². The van der Waals surface area contributed by atoms with Crippen LogP contribution < -0.4 is 0 Å². The lowest BCUT2D eigenvalue weighted by atomic mass is 9.97. The van der Waals surface area contributed by atoms with Gasteiger partial charge in [0.25, 0.3) is 0 Å². The van der Waals surface area contributed by atoms with Gasteiger partial charge < -0.3 is 40.1 Å². The number of hydrogen-bond donors (Lipinski definition) is 6. The summed E-state index contributed by atoms with van der Waals surface area (Å²) >= 11 is 0. The second kappa shape index (κ2) is 25.2. The summed E-state index contributed by atoms with van der Waals surface area (Å²) in [7, 11) is 0. The van der Waals surface area contributed by atoms with E-state index in [1.165, 1.54) is 57.8 Å². The third kappa shape index (κ3) is 26.3. The Hall–Kier alpha value is -0.970. The van der Waals surface area contributed by atoms with Crippen molar-refractivity contribution >= 4 is 6.16 Å². The molecular formula is C35H68O9. The number of ether oxygens (including phenoxy) is 2. The largest absolute Gasteiger partial charge is 0.508 e. The molecule has 0 bridgehead atoms. The summed E-state index contributed by atoms with van der Waals surface area (Å²) in [6.45, 7) is 1.03. The van der Waals surface area contributed by atoms with Crippen LogP contribution in [0.15, 0.2) is 0 Å². The molecule has 0 amide bonds. The lowest BCUT2D eigenvalue weighted by Gasteiger charge is -2.22. The molecule has 4 fully saturated rings. The molecule has 1 aliphatic heterocycles. The second-order valence-corrected chi connectivity index (χ2v) is 13.5. The summed E-state index contributed by atoms with van der Waals surface area (Å²) in [5.74, 6) is -4.09. The van der Waals surface area contributed by atoms with Gasteiger partial charge in [-0.1, -0.05) is 96.3 Å². The van der Waals surface area contributed by atoms with Gasteiger partial charge in [0.15, 0.2) is 17.4 Å². The van der Waals surface area contributed by atoms with Gasteiger partial charge in [0.2, 0.25) is 0 Å². The Morgan fingerprint density at radius 3 is 0.705 bits per heavy atom. The van der Waals surface area contributed by atoms with Crippen LogP contribution in [0.4, 0.5) is 4.79 Å². The Morgan fingerprint density at radius 2 is 0.500 bits per heavy atom. The Balaban J connectivity index is 0.000000296. The molecule has 0 radical (unpaired) electrons. The third-order valence-electron chi connectivity index (χ3n) is 8.94. The highest BCUT2D eigenvalue weighted by Crippen LogP contribution is 2.24. The van der Waals surface area contributed by atoms with Crippen molar-refractivity contribution in [2.24, 2.45) is 0 Å². The molecule has 3 aliphatic carbocycles. The summed E-state index contributed by atoms with van der Waals surface area (Å²) in [6.07, 6.45) is 28.9. The molecule has 1 heterocycles. The first-order valence-electron chi connectivity index (χ1n) is 18.2. The number of rotatable bonds is 0. The minimum absolute atomic E-state index is 0.513. The summed E-state index contributed by atoms with van der Waals surface area (Å²) in [6, 6.07) is 0. The topological polar surface area (TPSA) is 157 Å². The molecule has 0 unspecified atom stereocenters. The van der Waals surface area contributed by atoms with Crippen molar-refractivity contribution in [1.29, 1.82) is 0 Å². The van der Waals surface area contributed by atoms with Crippen LogP contribution in [0.3, 0.4) is 0 Å². The molecule has 9 nitrogen and oxygen atoms in total. The standard InChI is InChI=1S/3C10H20O2.C5H8O3/c3*11-10(12)8-6-4-2-1-3-5-7-9-10;6-5-7-3-1-2-4-8-5/h3*11-12H,1-9H2;1-4H2. The summed E-state index contributed by atoms with van der Waals surface area (Å²) in [5, 5.41) is 56.7. The van der Waals surface area contributed by atoms with Gasteiger partial charge in [-0.15, -0.1) is 0 Å². The van der Waals surface area contributed by atoms with Gasteiger partial charge >= 0.3 is 6.16 Å². The number of cyclic esters (lactones) is 2. The van der Waals surface area contributed by atoms with Gasteiger partial charge in [0.05, 0.1) is 13.2 Å². The molecule has 0 atom stereocenters. The van der Waals surface area contributed by atoms with E-state index in [9.17, 15) is 35.4 Å². The lowest BCUT2D eigenvalue weighted by Crippen LogP contribution is -2.27. The molecule has 4 rings (SSSR count). The van der Waals surface area contributed by atoms with Crippen LogP contribution in [0.5, 0.6) is 0 Å². The lowest BCUT2D eigenvalue weighted by molar-refractivity contribution is -0.173. The molecule has 0 aromatic heterocycles. The fourth-order valence-electron chi connectivity index (χ4n) is 6.03. The zero-order valence-corrected chi connectivity index (χ0v) is 27.8. The van der Waals surface area contributed by atoms with E-state index in [0.29, 0.717) is 51.7 Å². The molecule has 0 aromatic carbocycles. The average Bonchev–Trinajstić information content (AvgIpc) is 3.23. The van der Waals surface area contributed by atoms with Gasteiger partial charge in [0, 0.05) is 38.5 Å². The van der Waals surface area contributed by atoms with Gasteiger partial charge in [0.1, 0.15) is 0 Å². The maximum atomic E-state index is 10.2. The predicted octanol–water partition coefficient (Wildman–Crippen LogP) is 7.51. The van der Waals surface area contributed by atoms with Crippen molar-refractivity contribution in [2.75, 3.05) is 13.2 Å². The van der Waals surface area contributed by atoms with E-state index in [1.54, 1.807) is 0 Å². The number of carbonyl (C=O) groups is 1. The SMILES string of the molecule is O=C1OCCCCO1.OC1(O)CCCCCCCCC1.OC1(O)CCCCCCCCC1.OC1(O)CCCCCCCCC1. The fourth-order valence-corrected chi connectivity index (χ4v) is 6.03. The first kappa shape index (κ1) is 41.1. The van der Waals surface area contributed by atoms with E-state index in [-0.39, 0.29) is 0 Å². The molecule has 4 aliphatic rings. The quantitative estimate of drug-likeness (QED) is 0.117. The van der Waals surface area contributed by atoms with E-state index in [1.807, 2.05) is 0 Å². The maximum absolute atomic E-state index is 10.2. The van der Waals surface area contributed by atoms with E-state index in [2.05, 4.69) is 9.47 Å². The molecule has 1 saturated heterocycles. The molecule has 262 valence electrons. The Kier molecular flexibility index (Phi) is 23.5. The van der Waals surface area contributed by atoms with Gasteiger partial charge in [-0.25, -0.2) is 4.79 Å². The van der Waals surface area contributed by atoms with E-state index < -0.39 is 23.5 Å². The average molecular weight is 633 g/mol. The first-order chi connectivity index (χ1) is 21.0. The van der Waals surface area contributed by atoms with E-state index >= 15 is 0 Å². The van der Waals surface area contributed by atoms with Crippen LogP contribution in [0.2, 0.25) is 0 Å². The van der Waals surface area contributed by atoms with Crippen molar-refractivity contribution in [3.05, 3.63) is 0 Å². The highest BCUT2D eigenvalue weighted by molar-refractivity contribution is 5.59. The van der Waals surface area contributed by atoms with Crippen LogP contribution in [0, 0.1) is 0 Å². The van der Waals surface area contributed by atoms with E-state index in [0.717, 1.165) is 89.9 Å². The fraction of sp³-hybridized carbons (Fsp3) is 0.971. The molecule has 6 N–H and O–H groups in total. The highest BCUT2D eigenvalue weighted by Gasteiger charge is 2.23. The third-order valence-corrected chi connectivity index (χ3v) is 8.94.